The lowest BCUT2D eigenvalue weighted by Gasteiger charge is -2.33. The first kappa shape index (κ1) is 23.2. The maximum Gasteiger partial charge on any atom is 0.335 e. The van der Waals surface area contributed by atoms with Crippen molar-refractivity contribution in [3.63, 3.8) is 0 Å². The van der Waals surface area contributed by atoms with Crippen LogP contribution in [0.15, 0.2) is 24.3 Å². The van der Waals surface area contributed by atoms with E-state index in [-0.39, 0.29) is 29.9 Å². The van der Waals surface area contributed by atoms with Crippen molar-refractivity contribution in [1.82, 2.24) is 4.90 Å². The highest BCUT2D eigenvalue weighted by Gasteiger charge is 2.33. The van der Waals surface area contributed by atoms with E-state index in [2.05, 4.69) is 11.8 Å². The molecule has 1 aromatic rings. The molecule has 25 heavy (non-hydrogen) atoms. The van der Waals surface area contributed by atoms with Crippen molar-refractivity contribution in [1.29, 1.82) is 0 Å². The zero-order chi connectivity index (χ0) is 18.1. The number of likely N-dealkylation sites (tertiary alicyclic amines) is 1. The van der Waals surface area contributed by atoms with Crippen molar-refractivity contribution in [2.75, 3.05) is 32.0 Å². The monoisotopic (exact) mass is 374 g/mol. The molecule has 0 saturated carbocycles. The summed E-state index contributed by atoms with van der Waals surface area (Å²) in [6, 6.07) is 6.06. The molecule has 1 heterocycles. The molecule has 4 N–H and O–H groups in total. The second kappa shape index (κ2) is 11.7. The smallest absolute Gasteiger partial charge is 0.335 e. The normalized spacial score (nSPS) is 19.8. The van der Waals surface area contributed by atoms with E-state index in [9.17, 15) is 14.7 Å². The number of carboxylic acids is 1. The number of nitrogens with zero attached hydrogens (tertiary/aromatic N) is 1. The number of carbonyl (C=O) groups excluding carboxylic acids is 1. The SMILES string of the molecule is CCOC(=O)C1CN(CC)CCC1O.Cl.Nc1ccc(C(=O)O)cc1. The zero-order valence-electron chi connectivity index (χ0n) is 14.6. The number of hydrogen-bond acceptors (Lipinski definition) is 6. The molecule has 2 unspecified atom stereocenters. The van der Waals surface area contributed by atoms with Crippen molar-refractivity contribution in [2.45, 2.75) is 26.4 Å². The van der Waals surface area contributed by atoms with Gasteiger partial charge in [0.15, 0.2) is 0 Å². The predicted molar refractivity (Wildman–Crippen MR) is 97.9 cm³/mol. The van der Waals surface area contributed by atoms with Crippen LogP contribution in [0, 0.1) is 5.92 Å². The van der Waals surface area contributed by atoms with E-state index >= 15 is 0 Å². The van der Waals surface area contributed by atoms with Crippen LogP contribution < -0.4 is 5.73 Å². The number of ether oxygens (including phenoxy) is 1. The Kier molecular flexibility index (Phi) is 10.8. The summed E-state index contributed by atoms with van der Waals surface area (Å²) < 4.78 is 4.92. The maximum atomic E-state index is 11.5. The highest BCUT2D eigenvalue weighted by Crippen LogP contribution is 2.18. The number of anilines is 1. The van der Waals surface area contributed by atoms with Crippen LogP contribution >= 0.6 is 12.4 Å². The van der Waals surface area contributed by atoms with Gasteiger partial charge in [-0.3, -0.25) is 4.79 Å². The van der Waals surface area contributed by atoms with Gasteiger partial charge in [-0.15, -0.1) is 12.4 Å². The number of benzene rings is 1. The molecule has 142 valence electrons. The van der Waals surface area contributed by atoms with Gasteiger partial charge in [-0.25, -0.2) is 4.79 Å². The molecule has 0 radical (unpaired) electrons. The summed E-state index contributed by atoms with van der Waals surface area (Å²) in [5.41, 5.74) is 6.17. The number of aliphatic hydroxyl groups excluding tert-OH is 1. The summed E-state index contributed by atoms with van der Waals surface area (Å²) in [5, 5.41) is 18.1. The fourth-order valence-corrected chi connectivity index (χ4v) is 2.40. The number of esters is 1. The van der Waals surface area contributed by atoms with Crippen molar-refractivity contribution < 1.29 is 24.5 Å². The minimum Gasteiger partial charge on any atom is -0.478 e. The molecule has 2 rings (SSSR count). The number of aromatic carboxylic acids is 1. The Morgan fingerprint density at radius 1 is 1.28 bits per heavy atom. The first-order valence-electron chi connectivity index (χ1n) is 8.04. The van der Waals surface area contributed by atoms with E-state index in [4.69, 9.17) is 15.6 Å². The molecule has 1 saturated heterocycles. The van der Waals surface area contributed by atoms with Gasteiger partial charge in [-0.2, -0.15) is 0 Å². The first-order chi connectivity index (χ1) is 11.4. The number of carboxylic acid groups (broad SMARTS) is 1. The van der Waals surface area contributed by atoms with Gasteiger partial charge in [0.2, 0.25) is 0 Å². The Morgan fingerprint density at radius 3 is 2.36 bits per heavy atom. The van der Waals surface area contributed by atoms with Crippen LogP contribution in [0.4, 0.5) is 5.69 Å². The van der Waals surface area contributed by atoms with Gasteiger partial charge in [0.1, 0.15) is 0 Å². The summed E-state index contributed by atoms with van der Waals surface area (Å²) in [6.07, 6.45) is 0.133. The summed E-state index contributed by atoms with van der Waals surface area (Å²) in [7, 11) is 0. The van der Waals surface area contributed by atoms with Crippen LogP contribution in [0.3, 0.4) is 0 Å². The van der Waals surface area contributed by atoms with Gasteiger partial charge in [0, 0.05) is 18.8 Å². The lowest BCUT2D eigenvalue weighted by molar-refractivity contribution is -0.155. The Bertz CT molecular complexity index is 538. The standard InChI is InChI=1S/C10H19NO3.C7H7NO2.ClH/c1-3-11-6-5-9(12)8(7-11)10(13)14-4-2;8-6-3-1-5(2-4-6)7(9)10;/h8-9,12H,3-7H2,1-2H3;1-4H,8H2,(H,9,10);1H. The second-order valence-corrected chi connectivity index (χ2v) is 5.53. The molecule has 1 aliphatic rings. The summed E-state index contributed by atoms with van der Waals surface area (Å²) in [6.45, 7) is 6.63. The molecule has 0 bridgehead atoms. The molecule has 1 aliphatic heterocycles. The highest BCUT2D eigenvalue weighted by molar-refractivity contribution is 5.87. The Labute approximate surface area is 154 Å². The van der Waals surface area contributed by atoms with E-state index in [1.807, 2.05) is 0 Å². The Morgan fingerprint density at radius 2 is 1.88 bits per heavy atom. The van der Waals surface area contributed by atoms with Crippen LogP contribution in [0.1, 0.15) is 30.6 Å². The summed E-state index contributed by atoms with van der Waals surface area (Å²) in [4.78, 5) is 23.9. The lowest BCUT2D eigenvalue weighted by atomic mass is 9.95. The minimum atomic E-state index is -0.931. The van der Waals surface area contributed by atoms with Gasteiger partial charge < -0.3 is 25.6 Å². The highest BCUT2D eigenvalue weighted by atomic mass is 35.5. The largest absolute Gasteiger partial charge is 0.478 e. The number of hydrogen-bond donors (Lipinski definition) is 3. The van der Waals surface area contributed by atoms with Crippen molar-refractivity contribution in [3.8, 4) is 0 Å². The molecule has 7 nitrogen and oxygen atoms in total. The molecular weight excluding hydrogens is 348 g/mol. The fourth-order valence-electron chi connectivity index (χ4n) is 2.40. The number of nitrogens with two attached hydrogens (primary N) is 1. The molecule has 0 spiro atoms. The van der Waals surface area contributed by atoms with Crippen molar-refractivity contribution in [2.24, 2.45) is 5.92 Å². The van der Waals surface area contributed by atoms with Crippen LogP contribution in [-0.4, -0.2) is 59.4 Å². The molecule has 1 aromatic carbocycles. The molecule has 0 aromatic heterocycles. The summed E-state index contributed by atoms with van der Waals surface area (Å²) in [5.74, 6) is -1.55. The Balaban J connectivity index is 0.000000465. The number of aliphatic hydroxyl groups is 1. The van der Waals surface area contributed by atoms with E-state index in [1.54, 1.807) is 19.1 Å². The predicted octanol–water partition coefficient (Wildman–Crippen LogP) is 1.64. The fraction of sp³-hybridized carbons (Fsp3) is 0.529. The third kappa shape index (κ3) is 7.72. The van der Waals surface area contributed by atoms with Gasteiger partial charge in [-0.1, -0.05) is 6.92 Å². The van der Waals surface area contributed by atoms with Crippen molar-refractivity contribution in [3.05, 3.63) is 29.8 Å². The first-order valence-corrected chi connectivity index (χ1v) is 8.04. The second-order valence-electron chi connectivity index (χ2n) is 5.53. The van der Waals surface area contributed by atoms with E-state index in [0.29, 0.717) is 25.3 Å². The van der Waals surface area contributed by atoms with Crippen molar-refractivity contribution >= 4 is 30.0 Å². The van der Waals surface area contributed by atoms with Crippen LogP contribution in [0.2, 0.25) is 0 Å². The molecule has 0 aliphatic carbocycles. The quantitative estimate of drug-likeness (QED) is 0.542. The topological polar surface area (TPSA) is 113 Å². The van der Waals surface area contributed by atoms with E-state index < -0.39 is 12.1 Å². The van der Waals surface area contributed by atoms with Crippen LogP contribution in [0.5, 0.6) is 0 Å². The third-order valence-corrected chi connectivity index (χ3v) is 3.85. The van der Waals surface area contributed by atoms with E-state index in [0.717, 1.165) is 13.1 Å². The average molecular weight is 375 g/mol. The van der Waals surface area contributed by atoms with Gasteiger partial charge in [0.25, 0.3) is 0 Å². The van der Waals surface area contributed by atoms with Gasteiger partial charge in [0.05, 0.1) is 24.2 Å². The molecule has 2 atom stereocenters. The van der Waals surface area contributed by atoms with E-state index in [1.165, 1.54) is 12.1 Å². The minimum absolute atomic E-state index is 0. The molecule has 8 heteroatoms. The Hall–Kier alpha value is -1.83. The lowest BCUT2D eigenvalue weighted by Crippen LogP contribution is -2.46. The zero-order valence-corrected chi connectivity index (χ0v) is 15.4. The number of carbonyl (C=O) groups is 2. The number of halogens is 1. The summed E-state index contributed by atoms with van der Waals surface area (Å²) >= 11 is 0. The molecular formula is C17H27ClN2O5. The van der Waals surface area contributed by atoms with Crippen LogP contribution in [0.25, 0.3) is 0 Å². The number of nitrogen functional groups attached to an aromatic ring is 1. The van der Waals surface area contributed by atoms with Crippen LogP contribution in [-0.2, 0) is 9.53 Å². The maximum absolute atomic E-state index is 11.5. The number of piperidine rings is 1. The molecule has 1 fully saturated rings. The van der Waals surface area contributed by atoms with Gasteiger partial charge >= 0.3 is 11.9 Å². The third-order valence-electron chi connectivity index (χ3n) is 3.85. The number of rotatable bonds is 4. The molecule has 0 amide bonds. The van der Waals surface area contributed by atoms with Gasteiger partial charge in [-0.05, 0) is 44.2 Å². The average Bonchev–Trinajstić information content (AvgIpc) is 2.56.